The van der Waals surface area contributed by atoms with Gasteiger partial charge in [-0.25, -0.2) is 18.4 Å². The van der Waals surface area contributed by atoms with Crippen LogP contribution in [-0.2, 0) is 20.9 Å². The van der Waals surface area contributed by atoms with Gasteiger partial charge in [0.05, 0.1) is 0 Å². The number of aliphatic hydroxyl groups excluding tert-OH is 1. The summed E-state index contributed by atoms with van der Waals surface area (Å²) in [5.74, 6) is -4.79. The molecule has 0 saturated heterocycles. The number of carbonyl (C=O) groups is 2. The lowest BCUT2D eigenvalue weighted by Crippen LogP contribution is -2.57. The van der Waals surface area contributed by atoms with Crippen molar-refractivity contribution in [2.24, 2.45) is 0 Å². The summed E-state index contributed by atoms with van der Waals surface area (Å²) in [6, 6.07) is 6.46. The van der Waals surface area contributed by atoms with Gasteiger partial charge in [-0.1, -0.05) is 37.3 Å². The molecule has 2 atom stereocenters. The predicted molar refractivity (Wildman–Crippen MR) is 90.6 cm³/mol. The van der Waals surface area contributed by atoms with Gasteiger partial charge in [0, 0.05) is 6.42 Å². The summed E-state index contributed by atoms with van der Waals surface area (Å²) < 4.78 is 38.1. The van der Waals surface area contributed by atoms with Crippen LogP contribution in [0.4, 0.5) is 13.6 Å². The summed E-state index contributed by atoms with van der Waals surface area (Å²) in [4.78, 5) is 23.8. The molecule has 0 fully saturated rings. The quantitative estimate of drug-likeness (QED) is 0.718. The highest BCUT2D eigenvalue weighted by Crippen LogP contribution is 2.26. The zero-order valence-electron chi connectivity index (χ0n) is 15.3. The summed E-state index contributed by atoms with van der Waals surface area (Å²) in [5.41, 5.74) is -0.313. The van der Waals surface area contributed by atoms with E-state index in [1.165, 1.54) is 27.7 Å². The summed E-state index contributed by atoms with van der Waals surface area (Å²) >= 11 is 0. The second kappa shape index (κ2) is 8.93. The molecule has 0 aliphatic carbocycles. The van der Waals surface area contributed by atoms with Crippen molar-refractivity contribution in [3.8, 4) is 0 Å². The molecule has 2 unspecified atom stereocenters. The molecule has 0 bridgehead atoms. The monoisotopic (exact) mass is 373 g/mol. The van der Waals surface area contributed by atoms with E-state index in [4.69, 9.17) is 9.47 Å². The number of amides is 1. The van der Waals surface area contributed by atoms with Crippen LogP contribution in [0.3, 0.4) is 0 Å². The van der Waals surface area contributed by atoms with E-state index in [2.05, 4.69) is 0 Å². The molecule has 0 aromatic heterocycles. The molecule has 0 saturated carbocycles. The number of rotatable bonds is 7. The lowest BCUT2D eigenvalue weighted by Gasteiger charge is -2.31. The van der Waals surface area contributed by atoms with Gasteiger partial charge in [0.15, 0.2) is 6.10 Å². The summed E-state index contributed by atoms with van der Waals surface area (Å²) in [7, 11) is 0. The minimum Gasteiger partial charge on any atom is -0.458 e. The Balaban J connectivity index is 2.80. The Bertz CT molecular complexity index is 601. The van der Waals surface area contributed by atoms with Gasteiger partial charge in [0.25, 0.3) is 5.92 Å². The van der Waals surface area contributed by atoms with Crippen LogP contribution in [0.5, 0.6) is 0 Å². The van der Waals surface area contributed by atoms with Gasteiger partial charge in [0.1, 0.15) is 18.2 Å². The van der Waals surface area contributed by atoms with E-state index < -0.39 is 42.2 Å². The number of alkyl carbamates (subject to hydrolysis) is 1. The van der Waals surface area contributed by atoms with Gasteiger partial charge in [-0.05, 0) is 26.3 Å². The van der Waals surface area contributed by atoms with Crippen molar-refractivity contribution >= 4 is 12.1 Å². The smallest absolute Gasteiger partial charge is 0.408 e. The van der Waals surface area contributed by atoms with E-state index >= 15 is 0 Å². The number of hydrogen-bond acceptors (Lipinski definition) is 5. The molecule has 0 aliphatic heterocycles. The molecule has 0 radical (unpaired) electrons. The van der Waals surface area contributed by atoms with E-state index in [-0.39, 0.29) is 6.61 Å². The molecule has 6 nitrogen and oxygen atoms in total. The third kappa shape index (κ3) is 6.95. The first-order valence-corrected chi connectivity index (χ1v) is 8.22. The third-order valence-electron chi connectivity index (χ3n) is 3.38. The predicted octanol–water partition coefficient (Wildman–Crippen LogP) is 3.03. The van der Waals surface area contributed by atoms with Crippen molar-refractivity contribution in [1.82, 2.24) is 5.32 Å². The second-order valence-corrected chi connectivity index (χ2v) is 6.78. The Kier molecular flexibility index (Phi) is 7.50. The van der Waals surface area contributed by atoms with Crippen LogP contribution in [0.15, 0.2) is 30.3 Å². The molecule has 0 aliphatic rings. The maximum Gasteiger partial charge on any atom is 0.408 e. The highest BCUT2D eigenvalue weighted by Gasteiger charge is 2.47. The Hall–Kier alpha value is -2.22. The zero-order chi connectivity index (χ0) is 20.0. The lowest BCUT2D eigenvalue weighted by molar-refractivity contribution is -0.173. The maximum absolute atomic E-state index is 14.1. The molecule has 1 amide bonds. The number of benzene rings is 1. The van der Waals surface area contributed by atoms with Crippen molar-refractivity contribution in [2.75, 3.05) is 0 Å². The average Bonchev–Trinajstić information content (AvgIpc) is 2.56. The van der Waals surface area contributed by atoms with E-state index in [1.807, 2.05) is 5.32 Å². The minimum atomic E-state index is -3.54. The fourth-order valence-corrected chi connectivity index (χ4v) is 2.03. The first-order valence-electron chi connectivity index (χ1n) is 8.22. The van der Waals surface area contributed by atoms with Gasteiger partial charge in [-0.15, -0.1) is 0 Å². The molecule has 1 aromatic rings. The molecule has 1 rings (SSSR count). The van der Waals surface area contributed by atoms with Gasteiger partial charge >= 0.3 is 12.1 Å². The van der Waals surface area contributed by atoms with Crippen LogP contribution in [-0.4, -0.2) is 40.8 Å². The molecular weight excluding hydrogens is 348 g/mol. The van der Waals surface area contributed by atoms with Gasteiger partial charge in [-0.3, -0.25) is 0 Å². The summed E-state index contributed by atoms with van der Waals surface area (Å²) in [6.45, 7) is 5.63. The summed E-state index contributed by atoms with van der Waals surface area (Å²) in [5, 5.41) is 11.9. The summed E-state index contributed by atoms with van der Waals surface area (Å²) in [6.07, 6.45) is -4.11. The molecular formula is C18H25F2NO5. The molecule has 0 heterocycles. The minimum absolute atomic E-state index is 0.139. The van der Waals surface area contributed by atoms with Crippen molar-refractivity contribution in [2.45, 2.75) is 64.4 Å². The molecule has 146 valence electrons. The SMILES string of the molecule is CCC(F)(F)C(NC(=O)OCc1ccccc1)C(O)C(=O)OC(C)(C)C. The van der Waals surface area contributed by atoms with Crippen LogP contribution >= 0.6 is 0 Å². The van der Waals surface area contributed by atoms with Crippen molar-refractivity contribution < 1.29 is 33.0 Å². The van der Waals surface area contributed by atoms with Crippen LogP contribution in [0.25, 0.3) is 0 Å². The fraction of sp³-hybridized carbons (Fsp3) is 0.556. The van der Waals surface area contributed by atoms with Crippen molar-refractivity contribution in [3.63, 3.8) is 0 Å². The zero-order valence-corrected chi connectivity index (χ0v) is 15.3. The Morgan fingerprint density at radius 2 is 1.77 bits per heavy atom. The van der Waals surface area contributed by atoms with Crippen LogP contribution in [0.1, 0.15) is 39.7 Å². The molecule has 26 heavy (non-hydrogen) atoms. The highest BCUT2D eigenvalue weighted by atomic mass is 19.3. The van der Waals surface area contributed by atoms with Crippen LogP contribution < -0.4 is 5.32 Å². The Morgan fingerprint density at radius 3 is 2.27 bits per heavy atom. The number of aliphatic hydroxyl groups is 1. The molecule has 0 spiro atoms. The number of hydrogen-bond donors (Lipinski definition) is 2. The van der Waals surface area contributed by atoms with E-state index in [9.17, 15) is 23.5 Å². The van der Waals surface area contributed by atoms with Crippen LogP contribution in [0.2, 0.25) is 0 Å². The Labute approximate surface area is 151 Å². The molecule has 1 aromatic carbocycles. The van der Waals surface area contributed by atoms with Crippen molar-refractivity contribution in [1.29, 1.82) is 0 Å². The normalized spacial score (nSPS) is 14.3. The van der Waals surface area contributed by atoms with E-state index in [0.717, 1.165) is 0 Å². The first kappa shape index (κ1) is 21.8. The molecule has 8 heteroatoms. The Morgan fingerprint density at radius 1 is 1.19 bits per heavy atom. The van der Waals surface area contributed by atoms with Gasteiger partial charge in [-0.2, -0.15) is 0 Å². The number of nitrogens with one attached hydrogen (secondary N) is 1. The second-order valence-electron chi connectivity index (χ2n) is 6.78. The number of esters is 1. The van der Waals surface area contributed by atoms with Crippen LogP contribution in [0, 0.1) is 0 Å². The number of carbonyl (C=O) groups excluding carboxylic acids is 2. The van der Waals surface area contributed by atoms with E-state index in [0.29, 0.717) is 5.56 Å². The fourth-order valence-electron chi connectivity index (χ4n) is 2.03. The van der Waals surface area contributed by atoms with Crippen molar-refractivity contribution in [3.05, 3.63) is 35.9 Å². The largest absolute Gasteiger partial charge is 0.458 e. The number of ether oxygens (including phenoxy) is 2. The lowest BCUT2D eigenvalue weighted by atomic mass is 10.0. The highest BCUT2D eigenvalue weighted by molar-refractivity contribution is 5.77. The van der Waals surface area contributed by atoms with Gasteiger partial charge < -0.3 is 19.9 Å². The topological polar surface area (TPSA) is 84.9 Å². The van der Waals surface area contributed by atoms with Gasteiger partial charge in [0.2, 0.25) is 0 Å². The molecule has 2 N–H and O–H groups in total. The number of halogens is 2. The average molecular weight is 373 g/mol. The van der Waals surface area contributed by atoms with E-state index in [1.54, 1.807) is 30.3 Å². The standard InChI is InChI=1S/C18H25F2NO5/c1-5-18(19,20)14(13(22)15(23)26-17(2,3)4)21-16(24)25-11-12-9-7-6-8-10-12/h6-10,13-14,22H,5,11H2,1-4H3,(H,21,24). The maximum atomic E-state index is 14.1. The third-order valence-corrected chi connectivity index (χ3v) is 3.38. The first-order chi connectivity index (χ1) is 12.0. The number of alkyl halides is 2.